The van der Waals surface area contributed by atoms with Crippen LogP contribution in [0.15, 0.2) is 47.4 Å². The highest BCUT2D eigenvalue weighted by atomic mass is 35.5. The van der Waals surface area contributed by atoms with Gasteiger partial charge in [-0.1, -0.05) is 29.8 Å². The first kappa shape index (κ1) is 14.7. The Morgan fingerprint density at radius 1 is 1.20 bits per heavy atom. The number of ether oxygens (including phenoxy) is 1. The van der Waals surface area contributed by atoms with Crippen LogP contribution < -0.4 is 10.5 Å². The van der Waals surface area contributed by atoms with Crippen LogP contribution in [0.2, 0.25) is 5.02 Å². The third kappa shape index (κ3) is 3.05. The van der Waals surface area contributed by atoms with Crippen LogP contribution in [0.1, 0.15) is 5.56 Å². The lowest BCUT2D eigenvalue weighted by Crippen LogP contribution is -2.08. The Morgan fingerprint density at radius 2 is 1.90 bits per heavy atom. The molecule has 0 aromatic heterocycles. The van der Waals surface area contributed by atoms with E-state index in [4.69, 9.17) is 22.1 Å². The van der Waals surface area contributed by atoms with Crippen LogP contribution in [0.25, 0.3) is 0 Å². The fraction of sp³-hybridized carbons (Fsp3) is 0.143. The minimum absolute atomic E-state index is 0.0767. The summed E-state index contributed by atoms with van der Waals surface area (Å²) in [6.07, 6.45) is 0. The summed E-state index contributed by atoms with van der Waals surface area (Å²) in [7, 11) is -2.05. The summed E-state index contributed by atoms with van der Waals surface area (Å²) in [6.45, 7) is 0. The van der Waals surface area contributed by atoms with E-state index in [1.165, 1.54) is 25.3 Å². The molecule has 0 saturated heterocycles. The van der Waals surface area contributed by atoms with Crippen molar-refractivity contribution in [2.75, 3.05) is 12.8 Å². The molecule has 0 bridgehead atoms. The maximum Gasteiger partial charge on any atom is 0.184 e. The van der Waals surface area contributed by atoms with Gasteiger partial charge in [-0.3, -0.25) is 0 Å². The standard InChI is InChI=1S/C14H14ClNO3S/c1-19-13-5-3-2-4-10(13)9-20(17,18)14-7-6-11(15)8-12(14)16/h2-8H,9,16H2,1H3. The van der Waals surface area contributed by atoms with Gasteiger partial charge in [0.25, 0.3) is 0 Å². The zero-order valence-electron chi connectivity index (χ0n) is 10.8. The summed E-state index contributed by atoms with van der Waals surface area (Å²) < 4.78 is 30.0. The average Bonchev–Trinajstić information content (AvgIpc) is 2.38. The lowest BCUT2D eigenvalue weighted by molar-refractivity contribution is 0.411. The summed E-state index contributed by atoms with van der Waals surface area (Å²) >= 11 is 5.78. The molecule has 0 amide bonds. The molecule has 2 aromatic rings. The van der Waals surface area contributed by atoms with Crippen molar-refractivity contribution < 1.29 is 13.2 Å². The number of nitrogen functional groups attached to an aromatic ring is 1. The lowest BCUT2D eigenvalue weighted by Gasteiger charge is -2.10. The van der Waals surface area contributed by atoms with Gasteiger partial charge in [0, 0.05) is 10.6 Å². The second kappa shape index (κ2) is 5.73. The van der Waals surface area contributed by atoms with Gasteiger partial charge in [-0.25, -0.2) is 8.42 Å². The Hall–Kier alpha value is -1.72. The molecule has 0 atom stereocenters. The van der Waals surface area contributed by atoms with Gasteiger partial charge in [0.15, 0.2) is 9.84 Å². The first-order valence-electron chi connectivity index (χ1n) is 5.84. The first-order chi connectivity index (χ1) is 9.44. The number of hydrogen-bond donors (Lipinski definition) is 1. The number of anilines is 1. The minimum atomic E-state index is -3.56. The molecular formula is C14H14ClNO3S. The van der Waals surface area contributed by atoms with E-state index in [2.05, 4.69) is 0 Å². The van der Waals surface area contributed by atoms with Crippen LogP contribution >= 0.6 is 11.6 Å². The topological polar surface area (TPSA) is 69.4 Å². The summed E-state index contributed by atoms with van der Waals surface area (Å²) in [5.74, 6) is 0.353. The van der Waals surface area contributed by atoms with Crippen molar-refractivity contribution in [1.29, 1.82) is 0 Å². The zero-order chi connectivity index (χ0) is 14.8. The summed E-state index contributed by atoms with van der Waals surface area (Å²) in [5.41, 5.74) is 6.47. The molecule has 0 aliphatic heterocycles. The van der Waals surface area contributed by atoms with Gasteiger partial charge in [-0.2, -0.15) is 0 Å². The van der Waals surface area contributed by atoms with Gasteiger partial charge in [-0.05, 0) is 24.3 Å². The largest absolute Gasteiger partial charge is 0.496 e. The smallest absolute Gasteiger partial charge is 0.184 e. The van der Waals surface area contributed by atoms with E-state index >= 15 is 0 Å². The van der Waals surface area contributed by atoms with Crippen LogP contribution in [-0.2, 0) is 15.6 Å². The first-order valence-corrected chi connectivity index (χ1v) is 7.87. The van der Waals surface area contributed by atoms with E-state index in [0.29, 0.717) is 16.3 Å². The third-order valence-corrected chi connectivity index (χ3v) is 4.81. The molecule has 2 rings (SSSR count). The normalized spacial score (nSPS) is 11.3. The predicted molar refractivity (Wildman–Crippen MR) is 79.7 cm³/mol. The van der Waals surface area contributed by atoms with Crippen LogP contribution in [0, 0.1) is 0 Å². The molecule has 20 heavy (non-hydrogen) atoms. The molecular weight excluding hydrogens is 298 g/mol. The van der Waals surface area contributed by atoms with Gasteiger partial charge < -0.3 is 10.5 Å². The van der Waals surface area contributed by atoms with Crippen molar-refractivity contribution in [2.24, 2.45) is 0 Å². The van der Waals surface area contributed by atoms with Crippen molar-refractivity contribution in [1.82, 2.24) is 0 Å². The average molecular weight is 312 g/mol. The summed E-state index contributed by atoms with van der Waals surface area (Å²) in [6, 6.07) is 11.3. The molecule has 0 radical (unpaired) electrons. The molecule has 0 aliphatic rings. The highest BCUT2D eigenvalue weighted by molar-refractivity contribution is 7.90. The van der Waals surface area contributed by atoms with Crippen molar-refractivity contribution in [3.63, 3.8) is 0 Å². The Balaban J connectivity index is 2.41. The van der Waals surface area contributed by atoms with Crippen molar-refractivity contribution in [3.05, 3.63) is 53.1 Å². The number of halogens is 1. The number of para-hydroxylation sites is 1. The van der Waals surface area contributed by atoms with Crippen molar-refractivity contribution in [2.45, 2.75) is 10.6 Å². The quantitative estimate of drug-likeness (QED) is 0.881. The predicted octanol–water partition coefficient (Wildman–Crippen LogP) is 2.90. The minimum Gasteiger partial charge on any atom is -0.496 e. The van der Waals surface area contributed by atoms with Gasteiger partial charge in [0.2, 0.25) is 0 Å². The van der Waals surface area contributed by atoms with Crippen LogP contribution in [-0.4, -0.2) is 15.5 Å². The Labute approximate surface area is 123 Å². The number of hydrogen-bond acceptors (Lipinski definition) is 4. The second-order valence-electron chi connectivity index (χ2n) is 4.25. The van der Waals surface area contributed by atoms with E-state index in [9.17, 15) is 8.42 Å². The zero-order valence-corrected chi connectivity index (χ0v) is 12.4. The Kier molecular flexibility index (Phi) is 4.20. The van der Waals surface area contributed by atoms with Gasteiger partial charge >= 0.3 is 0 Å². The second-order valence-corrected chi connectivity index (χ2v) is 6.65. The fourth-order valence-electron chi connectivity index (χ4n) is 1.91. The van der Waals surface area contributed by atoms with Crippen molar-refractivity contribution in [3.8, 4) is 5.75 Å². The number of sulfone groups is 1. The molecule has 0 spiro atoms. The maximum absolute atomic E-state index is 12.4. The molecule has 0 heterocycles. The number of methoxy groups -OCH3 is 1. The molecule has 0 fully saturated rings. The number of nitrogens with two attached hydrogens (primary N) is 1. The van der Waals surface area contributed by atoms with Crippen LogP contribution in [0.5, 0.6) is 5.75 Å². The molecule has 0 aliphatic carbocycles. The molecule has 106 valence electrons. The van der Waals surface area contributed by atoms with E-state index in [1.54, 1.807) is 24.3 Å². The fourth-order valence-corrected chi connectivity index (χ4v) is 3.58. The number of benzene rings is 2. The van der Waals surface area contributed by atoms with E-state index in [1.807, 2.05) is 0 Å². The third-order valence-electron chi connectivity index (χ3n) is 2.84. The van der Waals surface area contributed by atoms with Crippen LogP contribution in [0.4, 0.5) is 5.69 Å². The van der Waals surface area contributed by atoms with E-state index in [-0.39, 0.29) is 16.3 Å². The van der Waals surface area contributed by atoms with Gasteiger partial charge in [0.1, 0.15) is 5.75 Å². The number of rotatable bonds is 4. The van der Waals surface area contributed by atoms with E-state index < -0.39 is 9.84 Å². The highest BCUT2D eigenvalue weighted by Gasteiger charge is 2.20. The Bertz CT molecular complexity index is 729. The van der Waals surface area contributed by atoms with Gasteiger partial charge in [-0.15, -0.1) is 0 Å². The maximum atomic E-state index is 12.4. The molecule has 0 unspecified atom stereocenters. The molecule has 0 saturated carbocycles. The Morgan fingerprint density at radius 3 is 2.55 bits per heavy atom. The molecule has 2 N–H and O–H groups in total. The SMILES string of the molecule is COc1ccccc1CS(=O)(=O)c1ccc(Cl)cc1N. The molecule has 2 aromatic carbocycles. The van der Waals surface area contributed by atoms with Crippen LogP contribution in [0.3, 0.4) is 0 Å². The van der Waals surface area contributed by atoms with Crippen molar-refractivity contribution >= 4 is 27.1 Å². The molecule has 4 nitrogen and oxygen atoms in total. The lowest BCUT2D eigenvalue weighted by atomic mass is 10.2. The summed E-state index contributed by atoms with van der Waals surface area (Å²) in [4.78, 5) is 0.0767. The summed E-state index contributed by atoms with van der Waals surface area (Å²) in [5, 5.41) is 0.402. The van der Waals surface area contributed by atoms with Gasteiger partial charge in [0.05, 0.1) is 23.4 Å². The monoisotopic (exact) mass is 311 g/mol. The van der Waals surface area contributed by atoms with E-state index in [0.717, 1.165) is 0 Å². The molecule has 6 heteroatoms. The highest BCUT2D eigenvalue weighted by Crippen LogP contribution is 2.28.